The molecular weight excluding hydrogens is 266 g/mol. The number of ether oxygens (including phenoxy) is 1. The normalized spacial score (nSPS) is 21.8. The third kappa shape index (κ3) is 3.64. The Bertz CT molecular complexity index is 478. The molecule has 3 rings (SSSR count). The van der Waals surface area contributed by atoms with Gasteiger partial charge in [0, 0.05) is 31.0 Å². The summed E-state index contributed by atoms with van der Waals surface area (Å²) < 4.78 is 5.37. The van der Waals surface area contributed by atoms with Gasteiger partial charge in [-0.2, -0.15) is 5.10 Å². The predicted molar refractivity (Wildman–Crippen MR) is 80.3 cm³/mol. The lowest BCUT2D eigenvalue weighted by Crippen LogP contribution is -2.26. The van der Waals surface area contributed by atoms with Crippen LogP contribution in [0.4, 0.5) is 0 Å². The van der Waals surface area contributed by atoms with E-state index in [1.54, 1.807) is 0 Å². The van der Waals surface area contributed by atoms with E-state index in [1.807, 2.05) is 0 Å². The van der Waals surface area contributed by atoms with Crippen molar-refractivity contribution in [1.82, 2.24) is 15.5 Å². The minimum Gasteiger partial charge on any atom is -0.381 e. The van der Waals surface area contributed by atoms with Crippen molar-refractivity contribution in [3.05, 3.63) is 17.0 Å². The van der Waals surface area contributed by atoms with Gasteiger partial charge in [0.15, 0.2) is 5.69 Å². The molecule has 0 radical (unpaired) electrons. The number of nitrogens with one attached hydrogen (secondary N) is 2. The first-order valence-electron chi connectivity index (χ1n) is 8.26. The zero-order valence-corrected chi connectivity index (χ0v) is 12.6. The average molecular weight is 291 g/mol. The van der Waals surface area contributed by atoms with Gasteiger partial charge in [-0.25, -0.2) is 0 Å². The predicted octanol–water partition coefficient (Wildman–Crippen LogP) is 2.23. The van der Waals surface area contributed by atoms with Gasteiger partial charge in [0.05, 0.1) is 0 Å². The Hall–Kier alpha value is -1.36. The molecule has 5 nitrogen and oxygen atoms in total. The molecule has 2 aliphatic rings. The van der Waals surface area contributed by atoms with E-state index in [1.165, 1.54) is 25.0 Å². The van der Waals surface area contributed by atoms with Crippen LogP contribution in [0.2, 0.25) is 0 Å². The number of fused-ring (bicyclic) bond motifs is 1. The van der Waals surface area contributed by atoms with E-state index < -0.39 is 0 Å². The molecule has 2 N–H and O–H groups in total. The lowest BCUT2D eigenvalue weighted by Gasteiger charge is -2.08. The summed E-state index contributed by atoms with van der Waals surface area (Å²) in [6.45, 7) is 2.52. The minimum atomic E-state index is -0.0166. The van der Waals surface area contributed by atoms with E-state index >= 15 is 0 Å². The van der Waals surface area contributed by atoms with Gasteiger partial charge in [0.2, 0.25) is 0 Å². The molecule has 0 bridgehead atoms. The van der Waals surface area contributed by atoms with Crippen LogP contribution in [0.15, 0.2) is 0 Å². The molecule has 1 fully saturated rings. The molecule has 0 spiro atoms. The number of aromatic nitrogens is 2. The Balaban J connectivity index is 1.47. The number of nitrogens with zero attached hydrogens (tertiary/aromatic N) is 1. The maximum Gasteiger partial charge on any atom is 0.272 e. The summed E-state index contributed by atoms with van der Waals surface area (Å²) in [7, 11) is 0. The summed E-state index contributed by atoms with van der Waals surface area (Å²) in [5, 5.41) is 10.3. The fraction of sp³-hybridized carbons (Fsp3) is 0.750. The number of carbonyl (C=O) groups is 1. The molecule has 0 unspecified atom stereocenters. The van der Waals surface area contributed by atoms with Gasteiger partial charge in [-0.1, -0.05) is 6.42 Å². The third-order valence-corrected chi connectivity index (χ3v) is 4.62. The highest BCUT2D eigenvalue weighted by atomic mass is 16.5. The Labute approximate surface area is 125 Å². The average Bonchev–Trinajstić information content (AvgIpc) is 3.09. The van der Waals surface area contributed by atoms with Gasteiger partial charge in [0.25, 0.3) is 5.91 Å². The van der Waals surface area contributed by atoms with Crippen molar-refractivity contribution in [3.8, 4) is 0 Å². The summed E-state index contributed by atoms with van der Waals surface area (Å²) in [4.78, 5) is 12.3. The van der Waals surface area contributed by atoms with Crippen molar-refractivity contribution < 1.29 is 9.53 Å². The number of H-pyrrole nitrogens is 1. The summed E-state index contributed by atoms with van der Waals surface area (Å²) in [5.41, 5.74) is 2.94. The second kappa shape index (κ2) is 7.07. The first-order chi connectivity index (χ1) is 10.3. The first kappa shape index (κ1) is 14.6. The topological polar surface area (TPSA) is 67.0 Å². The van der Waals surface area contributed by atoms with Crippen molar-refractivity contribution in [2.45, 2.75) is 51.4 Å². The summed E-state index contributed by atoms with van der Waals surface area (Å²) in [6.07, 6.45) is 8.93. The van der Waals surface area contributed by atoms with Crippen LogP contribution in [0.3, 0.4) is 0 Å². The van der Waals surface area contributed by atoms with Crippen LogP contribution in [0.1, 0.15) is 60.3 Å². The van der Waals surface area contributed by atoms with Crippen LogP contribution in [-0.4, -0.2) is 35.9 Å². The maximum absolute atomic E-state index is 12.3. The summed E-state index contributed by atoms with van der Waals surface area (Å²) in [5.74, 6) is 0.667. The quantitative estimate of drug-likeness (QED) is 0.646. The molecule has 0 aromatic carbocycles. The molecule has 1 amide bonds. The second-order valence-electron chi connectivity index (χ2n) is 6.22. The highest BCUT2D eigenvalue weighted by Gasteiger charge is 2.20. The molecule has 1 saturated heterocycles. The lowest BCUT2D eigenvalue weighted by molar-refractivity contribution is 0.0946. The Morgan fingerprint density at radius 3 is 3.10 bits per heavy atom. The largest absolute Gasteiger partial charge is 0.381 e. The van der Waals surface area contributed by atoms with E-state index in [0.717, 1.165) is 57.4 Å². The number of hydrogen-bond donors (Lipinski definition) is 2. The highest BCUT2D eigenvalue weighted by Crippen LogP contribution is 2.21. The highest BCUT2D eigenvalue weighted by molar-refractivity contribution is 5.93. The minimum absolute atomic E-state index is 0.0166. The fourth-order valence-electron chi connectivity index (χ4n) is 3.33. The molecule has 0 saturated carbocycles. The standard InChI is InChI=1S/C16H25N3O2/c20-16(17-9-4-5-12-8-10-21-11-12)15-13-6-2-1-3-7-14(13)18-19-15/h12H,1-11H2,(H,17,20)(H,18,19)/t12-/m0/s1. The molecule has 116 valence electrons. The smallest absolute Gasteiger partial charge is 0.272 e. The van der Waals surface area contributed by atoms with Crippen molar-refractivity contribution in [2.75, 3.05) is 19.8 Å². The fourth-order valence-corrected chi connectivity index (χ4v) is 3.33. The number of aryl methyl sites for hydroxylation is 1. The van der Waals surface area contributed by atoms with E-state index in [-0.39, 0.29) is 5.91 Å². The van der Waals surface area contributed by atoms with Gasteiger partial charge in [-0.15, -0.1) is 0 Å². The Morgan fingerprint density at radius 2 is 2.24 bits per heavy atom. The summed E-state index contributed by atoms with van der Waals surface area (Å²) in [6, 6.07) is 0. The van der Waals surface area contributed by atoms with Crippen LogP contribution >= 0.6 is 0 Å². The third-order valence-electron chi connectivity index (χ3n) is 4.62. The van der Waals surface area contributed by atoms with Crippen LogP contribution in [0, 0.1) is 5.92 Å². The van der Waals surface area contributed by atoms with Crippen molar-refractivity contribution in [2.24, 2.45) is 5.92 Å². The lowest BCUT2D eigenvalue weighted by atomic mass is 10.0. The van der Waals surface area contributed by atoms with Crippen LogP contribution in [-0.2, 0) is 17.6 Å². The maximum atomic E-state index is 12.3. The number of rotatable bonds is 5. The monoisotopic (exact) mass is 291 g/mol. The van der Waals surface area contributed by atoms with Gasteiger partial charge in [-0.05, 0) is 50.9 Å². The summed E-state index contributed by atoms with van der Waals surface area (Å²) >= 11 is 0. The van der Waals surface area contributed by atoms with Gasteiger partial charge in [-0.3, -0.25) is 9.89 Å². The molecule has 21 heavy (non-hydrogen) atoms. The van der Waals surface area contributed by atoms with Gasteiger partial charge in [0.1, 0.15) is 0 Å². The molecule has 1 aromatic heterocycles. The first-order valence-corrected chi connectivity index (χ1v) is 8.26. The number of aromatic amines is 1. The second-order valence-corrected chi connectivity index (χ2v) is 6.22. The Kier molecular flexibility index (Phi) is 4.91. The molecule has 1 aromatic rings. The van der Waals surface area contributed by atoms with Crippen molar-refractivity contribution >= 4 is 5.91 Å². The van der Waals surface area contributed by atoms with Crippen LogP contribution in [0.25, 0.3) is 0 Å². The molecule has 1 atom stereocenters. The zero-order valence-electron chi connectivity index (χ0n) is 12.6. The van der Waals surface area contributed by atoms with E-state index in [9.17, 15) is 4.79 Å². The SMILES string of the molecule is O=C(NCCC[C@H]1CCOC1)c1n[nH]c2c1CCCCC2. The van der Waals surface area contributed by atoms with Crippen LogP contribution in [0.5, 0.6) is 0 Å². The van der Waals surface area contributed by atoms with Crippen molar-refractivity contribution in [3.63, 3.8) is 0 Å². The molecule has 2 heterocycles. The van der Waals surface area contributed by atoms with E-state index in [0.29, 0.717) is 11.6 Å². The Morgan fingerprint density at radius 1 is 1.33 bits per heavy atom. The van der Waals surface area contributed by atoms with Crippen molar-refractivity contribution in [1.29, 1.82) is 0 Å². The van der Waals surface area contributed by atoms with E-state index in [2.05, 4.69) is 15.5 Å². The van der Waals surface area contributed by atoms with E-state index in [4.69, 9.17) is 4.74 Å². The number of hydrogen-bond acceptors (Lipinski definition) is 3. The zero-order chi connectivity index (χ0) is 14.5. The number of amides is 1. The molecule has 5 heteroatoms. The molecular formula is C16H25N3O2. The van der Waals surface area contributed by atoms with Gasteiger partial charge >= 0.3 is 0 Å². The van der Waals surface area contributed by atoms with Crippen LogP contribution < -0.4 is 5.32 Å². The molecule has 1 aliphatic carbocycles. The number of carbonyl (C=O) groups excluding carboxylic acids is 1. The van der Waals surface area contributed by atoms with Gasteiger partial charge < -0.3 is 10.1 Å². The molecule has 1 aliphatic heterocycles.